The minimum atomic E-state index is -0.718. The molecule has 0 spiro atoms. The third-order valence-electron chi connectivity index (χ3n) is 8.71. The zero-order chi connectivity index (χ0) is 30.0. The molecule has 0 saturated carbocycles. The molecule has 1 N–H and O–H groups in total. The van der Waals surface area contributed by atoms with Crippen LogP contribution in [0.25, 0.3) is 6.08 Å². The van der Waals surface area contributed by atoms with Crippen molar-refractivity contribution in [3.63, 3.8) is 0 Å². The predicted octanol–water partition coefficient (Wildman–Crippen LogP) is 6.30. The van der Waals surface area contributed by atoms with Crippen LogP contribution in [0.2, 0.25) is 0 Å². The van der Waals surface area contributed by atoms with Gasteiger partial charge in [-0.15, -0.1) is 0 Å². The second-order valence-electron chi connectivity index (χ2n) is 12.5. The molecule has 222 valence electrons. The molecule has 7 heteroatoms. The number of hydrogen-bond donors (Lipinski definition) is 1. The third-order valence-corrected chi connectivity index (χ3v) is 8.71. The fourth-order valence-electron chi connectivity index (χ4n) is 6.58. The normalized spacial score (nSPS) is 20.4. The molecule has 3 aromatic rings. The number of carbonyl (C=O) groups excluding carboxylic acids is 2. The Hall–Kier alpha value is -4.23. The minimum Gasteiger partial charge on any atom is -0.357 e. The SMILES string of the molecule is CC1(C)CC(=O)C2=C(C1)Nc1ccccc1N(CC(=O)N1CCN(C/C=C/c3ccccc3)CC1)C2c1ccccc1F. The number of piperazine rings is 1. The van der Waals surface area contributed by atoms with E-state index in [-0.39, 0.29) is 29.5 Å². The van der Waals surface area contributed by atoms with Crippen LogP contribution in [0.4, 0.5) is 15.8 Å². The molecule has 1 saturated heterocycles. The maximum absolute atomic E-state index is 15.6. The van der Waals surface area contributed by atoms with Gasteiger partial charge in [0.15, 0.2) is 5.78 Å². The van der Waals surface area contributed by atoms with Gasteiger partial charge in [-0.25, -0.2) is 4.39 Å². The van der Waals surface area contributed by atoms with E-state index in [2.05, 4.69) is 48.3 Å². The van der Waals surface area contributed by atoms with E-state index in [4.69, 9.17) is 0 Å². The largest absolute Gasteiger partial charge is 0.357 e. The summed E-state index contributed by atoms with van der Waals surface area (Å²) in [5, 5.41) is 3.54. The van der Waals surface area contributed by atoms with Crippen LogP contribution in [-0.4, -0.2) is 60.8 Å². The lowest BCUT2D eigenvalue weighted by atomic mass is 9.73. The Bertz CT molecular complexity index is 1560. The van der Waals surface area contributed by atoms with E-state index < -0.39 is 6.04 Å². The number of para-hydroxylation sites is 2. The summed E-state index contributed by atoms with van der Waals surface area (Å²) in [5.41, 5.74) is 4.34. The average Bonchev–Trinajstić information content (AvgIpc) is 3.12. The van der Waals surface area contributed by atoms with Gasteiger partial charge in [0.2, 0.25) is 5.91 Å². The van der Waals surface area contributed by atoms with Gasteiger partial charge in [-0.2, -0.15) is 0 Å². The molecular weight excluding hydrogens is 539 g/mol. The minimum absolute atomic E-state index is 0.00516. The number of Topliss-reactive ketones (excluding diaryl/α,β-unsaturated/α-hetero) is 1. The van der Waals surface area contributed by atoms with Crippen LogP contribution in [0.1, 0.15) is 43.9 Å². The Balaban J connectivity index is 1.26. The maximum atomic E-state index is 15.6. The first-order valence-electron chi connectivity index (χ1n) is 15.1. The fourth-order valence-corrected chi connectivity index (χ4v) is 6.58. The van der Waals surface area contributed by atoms with Gasteiger partial charge in [0.25, 0.3) is 0 Å². The lowest BCUT2D eigenvalue weighted by Crippen LogP contribution is -2.51. The third kappa shape index (κ3) is 6.27. The summed E-state index contributed by atoms with van der Waals surface area (Å²) in [4.78, 5) is 34.0. The maximum Gasteiger partial charge on any atom is 0.242 e. The zero-order valence-electron chi connectivity index (χ0n) is 24.9. The summed E-state index contributed by atoms with van der Waals surface area (Å²) in [6.45, 7) is 7.85. The van der Waals surface area contributed by atoms with Gasteiger partial charge in [0.05, 0.1) is 24.0 Å². The lowest BCUT2D eigenvalue weighted by molar-refractivity contribution is -0.131. The van der Waals surface area contributed by atoms with E-state index in [1.54, 1.807) is 18.2 Å². The van der Waals surface area contributed by atoms with Crippen molar-refractivity contribution in [2.45, 2.75) is 32.7 Å². The summed E-state index contributed by atoms with van der Waals surface area (Å²) < 4.78 is 15.6. The number of benzene rings is 3. The van der Waals surface area contributed by atoms with E-state index in [9.17, 15) is 9.59 Å². The van der Waals surface area contributed by atoms with E-state index in [0.29, 0.717) is 37.1 Å². The number of carbonyl (C=O) groups is 2. The molecule has 0 bridgehead atoms. The molecule has 6 nitrogen and oxygen atoms in total. The van der Waals surface area contributed by atoms with Gasteiger partial charge in [0.1, 0.15) is 5.82 Å². The summed E-state index contributed by atoms with van der Waals surface area (Å²) in [5.74, 6) is -0.413. The van der Waals surface area contributed by atoms with Crippen LogP contribution in [0.15, 0.2) is 96.2 Å². The van der Waals surface area contributed by atoms with Crippen LogP contribution in [-0.2, 0) is 9.59 Å². The highest BCUT2D eigenvalue weighted by atomic mass is 19.1. The Morgan fingerprint density at radius 1 is 0.930 bits per heavy atom. The number of halogens is 1. The molecule has 1 fully saturated rings. The van der Waals surface area contributed by atoms with Crippen LogP contribution < -0.4 is 10.2 Å². The molecule has 0 aromatic heterocycles. The number of ketones is 1. The molecule has 1 unspecified atom stereocenters. The number of rotatable bonds is 6. The van der Waals surface area contributed by atoms with Crippen LogP contribution in [0.5, 0.6) is 0 Å². The predicted molar refractivity (Wildman–Crippen MR) is 170 cm³/mol. The molecule has 3 aromatic carbocycles. The number of hydrogen-bond acceptors (Lipinski definition) is 5. The van der Waals surface area contributed by atoms with Crippen molar-refractivity contribution in [1.29, 1.82) is 0 Å². The van der Waals surface area contributed by atoms with Gasteiger partial charge in [-0.1, -0.05) is 86.7 Å². The Morgan fingerprint density at radius 2 is 1.63 bits per heavy atom. The summed E-state index contributed by atoms with van der Waals surface area (Å²) >= 11 is 0. The molecule has 3 aliphatic rings. The standard InChI is InChI=1S/C36H39FN4O2/c1-36(2)23-30-34(32(42)24-36)35(27-14-6-7-15-28(27)37)41(31-17-9-8-16-29(31)38-30)25-33(43)40-21-19-39(20-22-40)18-10-13-26-11-4-3-5-12-26/h3-17,35,38H,18-25H2,1-2H3/b13-10+. The quantitative estimate of drug-likeness (QED) is 0.372. The highest BCUT2D eigenvalue weighted by molar-refractivity contribution is 6.02. The fraction of sp³-hybridized carbons (Fsp3) is 0.333. The molecule has 1 amide bonds. The van der Waals surface area contributed by atoms with Crippen molar-refractivity contribution in [2.24, 2.45) is 5.41 Å². The van der Waals surface area contributed by atoms with Crippen molar-refractivity contribution in [2.75, 3.05) is 49.5 Å². The van der Waals surface area contributed by atoms with E-state index in [1.807, 2.05) is 52.3 Å². The van der Waals surface area contributed by atoms with Gasteiger partial charge < -0.3 is 15.1 Å². The van der Waals surface area contributed by atoms with Gasteiger partial charge in [-0.05, 0) is 35.6 Å². The first kappa shape index (κ1) is 28.9. The number of nitrogens with one attached hydrogen (secondary N) is 1. The van der Waals surface area contributed by atoms with Crippen LogP contribution in [0.3, 0.4) is 0 Å². The van der Waals surface area contributed by atoms with Crippen LogP contribution >= 0.6 is 0 Å². The van der Waals surface area contributed by atoms with Crippen molar-refractivity contribution in [1.82, 2.24) is 9.80 Å². The lowest BCUT2D eigenvalue weighted by Gasteiger charge is -2.39. The summed E-state index contributed by atoms with van der Waals surface area (Å²) in [6, 6.07) is 23.9. The molecule has 1 atom stereocenters. The Labute approximate surface area is 253 Å². The van der Waals surface area contributed by atoms with Crippen molar-refractivity contribution < 1.29 is 14.0 Å². The van der Waals surface area contributed by atoms with Crippen molar-refractivity contribution >= 4 is 29.1 Å². The number of fused-ring (bicyclic) bond motifs is 1. The molecular formula is C36H39FN4O2. The second-order valence-corrected chi connectivity index (χ2v) is 12.5. The molecule has 6 rings (SSSR count). The monoisotopic (exact) mass is 578 g/mol. The number of amides is 1. The first-order chi connectivity index (χ1) is 20.8. The molecule has 2 aliphatic heterocycles. The summed E-state index contributed by atoms with van der Waals surface area (Å²) in [7, 11) is 0. The Kier molecular flexibility index (Phi) is 8.17. The molecule has 2 heterocycles. The first-order valence-corrected chi connectivity index (χ1v) is 15.1. The van der Waals surface area contributed by atoms with E-state index in [1.165, 1.54) is 11.6 Å². The van der Waals surface area contributed by atoms with Gasteiger partial charge in [0, 0.05) is 56.0 Å². The highest BCUT2D eigenvalue weighted by Gasteiger charge is 2.43. The topological polar surface area (TPSA) is 55.9 Å². The number of anilines is 2. The van der Waals surface area contributed by atoms with Crippen LogP contribution in [0, 0.1) is 11.2 Å². The second kappa shape index (κ2) is 12.2. The smallest absolute Gasteiger partial charge is 0.242 e. The number of nitrogens with zero attached hydrogens (tertiary/aromatic N) is 3. The van der Waals surface area contributed by atoms with E-state index >= 15 is 4.39 Å². The Morgan fingerprint density at radius 3 is 2.40 bits per heavy atom. The van der Waals surface area contributed by atoms with Gasteiger partial charge in [-0.3, -0.25) is 14.5 Å². The van der Waals surface area contributed by atoms with Crippen molar-refractivity contribution in [3.8, 4) is 0 Å². The van der Waals surface area contributed by atoms with E-state index in [0.717, 1.165) is 36.7 Å². The number of allylic oxidation sites excluding steroid dienone is 1. The average molecular weight is 579 g/mol. The van der Waals surface area contributed by atoms with Gasteiger partial charge >= 0.3 is 0 Å². The zero-order valence-corrected chi connectivity index (χ0v) is 24.9. The molecule has 0 radical (unpaired) electrons. The summed E-state index contributed by atoms with van der Waals surface area (Å²) in [6.07, 6.45) is 5.33. The van der Waals surface area contributed by atoms with Crippen molar-refractivity contribution in [3.05, 3.63) is 113 Å². The molecule has 1 aliphatic carbocycles. The highest BCUT2D eigenvalue weighted by Crippen LogP contribution is 2.48. The molecule has 43 heavy (non-hydrogen) atoms.